The summed E-state index contributed by atoms with van der Waals surface area (Å²) in [5.41, 5.74) is 0.901. The first-order chi connectivity index (χ1) is 11.3. The van der Waals surface area contributed by atoms with Crippen LogP contribution in [0.1, 0.15) is 15.9 Å². The van der Waals surface area contributed by atoms with Gasteiger partial charge in [0.1, 0.15) is 18.2 Å². The molecule has 0 N–H and O–H groups in total. The Morgan fingerprint density at radius 3 is 2.50 bits per heavy atom. The van der Waals surface area contributed by atoms with Gasteiger partial charge in [-0.1, -0.05) is 6.07 Å². The SMILES string of the molecule is O=C(c1ccc(S(=O)(=O)F)cc1)N1CCOc2cc(F)ccc2C1. The van der Waals surface area contributed by atoms with Gasteiger partial charge in [0, 0.05) is 23.7 Å². The van der Waals surface area contributed by atoms with Gasteiger partial charge in [-0.15, -0.1) is 3.89 Å². The van der Waals surface area contributed by atoms with Crippen molar-refractivity contribution in [1.29, 1.82) is 0 Å². The Morgan fingerprint density at radius 2 is 1.83 bits per heavy atom. The molecule has 0 spiro atoms. The lowest BCUT2D eigenvalue weighted by Crippen LogP contribution is -2.32. The molecule has 1 aliphatic heterocycles. The zero-order valence-corrected chi connectivity index (χ0v) is 13.2. The van der Waals surface area contributed by atoms with Crippen molar-refractivity contribution in [3.63, 3.8) is 0 Å². The minimum absolute atomic E-state index is 0.207. The molecule has 24 heavy (non-hydrogen) atoms. The molecule has 0 atom stereocenters. The first-order valence-electron chi connectivity index (χ1n) is 7.10. The number of carbonyl (C=O) groups excluding carboxylic acids is 1. The molecule has 0 saturated carbocycles. The van der Waals surface area contributed by atoms with Crippen LogP contribution < -0.4 is 4.74 Å². The number of ether oxygens (including phenoxy) is 1. The van der Waals surface area contributed by atoms with Crippen LogP contribution in [-0.2, 0) is 16.8 Å². The van der Waals surface area contributed by atoms with Gasteiger partial charge in [0.25, 0.3) is 5.91 Å². The number of benzene rings is 2. The lowest BCUT2D eigenvalue weighted by atomic mass is 10.1. The minimum Gasteiger partial charge on any atom is -0.491 e. The summed E-state index contributed by atoms with van der Waals surface area (Å²) in [6.45, 7) is 0.731. The maximum atomic E-state index is 13.2. The van der Waals surface area contributed by atoms with Crippen LogP contribution in [-0.4, -0.2) is 32.4 Å². The summed E-state index contributed by atoms with van der Waals surface area (Å²) in [6.07, 6.45) is 0. The number of halogens is 2. The highest BCUT2D eigenvalue weighted by Gasteiger charge is 2.22. The second kappa shape index (κ2) is 6.20. The standard InChI is InChI=1S/C16H13F2NO4S/c17-13-4-1-12-10-19(7-8-23-15(12)9-13)16(20)11-2-5-14(6-3-11)24(18,21)22/h1-6,9H,7-8,10H2. The van der Waals surface area contributed by atoms with Gasteiger partial charge in [-0.2, -0.15) is 8.42 Å². The van der Waals surface area contributed by atoms with Gasteiger partial charge in [-0.3, -0.25) is 4.79 Å². The predicted molar refractivity (Wildman–Crippen MR) is 81.4 cm³/mol. The average Bonchev–Trinajstić information content (AvgIpc) is 2.75. The molecule has 0 fully saturated rings. The second-order valence-electron chi connectivity index (χ2n) is 5.29. The van der Waals surface area contributed by atoms with Crippen LogP contribution in [0.2, 0.25) is 0 Å². The third-order valence-electron chi connectivity index (χ3n) is 3.68. The number of hydrogen-bond donors (Lipinski definition) is 0. The zero-order valence-electron chi connectivity index (χ0n) is 12.4. The zero-order chi connectivity index (χ0) is 17.3. The van der Waals surface area contributed by atoms with E-state index in [9.17, 15) is 21.5 Å². The molecule has 0 aliphatic carbocycles. The summed E-state index contributed by atoms with van der Waals surface area (Å²) in [7, 11) is -4.80. The van der Waals surface area contributed by atoms with Crippen molar-refractivity contribution in [2.45, 2.75) is 11.4 Å². The smallest absolute Gasteiger partial charge is 0.332 e. The molecule has 5 nitrogen and oxygen atoms in total. The number of fused-ring (bicyclic) bond motifs is 1. The largest absolute Gasteiger partial charge is 0.491 e. The first-order valence-corrected chi connectivity index (χ1v) is 8.48. The lowest BCUT2D eigenvalue weighted by Gasteiger charge is -2.20. The molecule has 1 amide bonds. The van der Waals surface area contributed by atoms with Gasteiger partial charge < -0.3 is 9.64 Å². The predicted octanol–water partition coefficient (Wildman–Crippen LogP) is 2.52. The number of carbonyl (C=O) groups is 1. The molecule has 2 aromatic rings. The van der Waals surface area contributed by atoms with Crippen molar-refractivity contribution < 1.29 is 26.2 Å². The Bertz CT molecular complexity index is 881. The van der Waals surface area contributed by atoms with Gasteiger partial charge in [0.15, 0.2) is 0 Å². The van der Waals surface area contributed by atoms with Crippen LogP contribution in [0.25, 0.3) is 0 Å². The third-order valence-corrected chi connectivity index (χ3v) is 4.51. The number of nitrogens with zero attached hydrogens (tertiary/aromatic N) is 1. The summed E-state index contributed by atoms with van der Waals surface area (Å²) >= 11 is 0. The summed E-state index contributed by atoms with van der Waals surface area (Å²) < 4.78 is 53.2. The molecule has 126 valence electrons. The molecule has 0 radical (unpaired) electrons. The Hall–Kier alpha value is -2.48. The van der Waals surface area contributed by atoms with Gasteiger partial charge in [0.05, 0.1) is 11.4 Å². The number of amides is 1. The second-order valence-corrected chi connectivity index (χ2v) is 6.64. The first kappa shape index (κ1) is 16.4. The summed E-state index contributed by atoms with van der Waals surface area (Å²) in [4.78, 5) is 13.5. The average molecular weight is 353 g/mol. The van der Waals surface area contributed by atoms with Crippen molar-refractivity contribution in [1.82, 2.24) is 4.90 Å². The Kier molecular flexibility index (Phi) is 4.23. The van der Waals surface area contributed by atoms with Crippen LogP contribution in [0.3, 0.4) is 0 Å². The van der Waals surface area contributed by atoms with Gasteiger partial charge >= 0.3 is 10.2 Å². The quantitative estimate of drug-likeness (QED) is 0.779. The van der Waals surface area contributed by atoms with Crippen molar-refractivity contribution in [2.24, 2.45) is 0 Å². The lowest BCUT2D eigenvalue weighted by molar-refractivity contribution is 0.0733. The van der Waals surface area contributed by atoms with E-state index < -0.39 is 20.9 Å². The topological polar surface area (TPSA) is 63.7 Å². The van der Waals surface area contributed by atoms with Crippen molar-refractivity contribution in [3.8, 4) is 5.75 Å². The van der Waals surface area contributed by atoms with E-state index in [0.717, 1.165) is 12.1 Å². The van der Waals surface area contributed by atoms with E-state index >= 15 is 0 Å². The molecule has 3 rings (SSSR count). The summed E-state index contributed by atoms with van der Waals surface area (Å²) in [5.74, 6) is -0.376. The highest BCUT2D eigenvalue weighted by Crippen LogP contribution is 2.25. The van der Waals surface area contributed by atoms with Crippen molar-refractivity contribution in [2.75, 3.05) is 13.2 Å². The fraction of sp³-hybridized carbons (Fsp3) is 0.188. The monoisotopic (exact) mass is 353 g/mol. The van der Waals surface area contributed by atoms with Gasteiger partial charge in [0.2, 0.25) is 0 Å². The van der Waals surface area contributed by atoms with E-state index in [1.807, 2.05) is 0 Å². The molecule has 0 saturated heterocycles. The number of hydrogen-bond acceptors (Lipinski definition) is 4. The van der Waals surface area contributed by atoms with E-state index in [2.05, 4.69) is 0 Å². The van der Waals surface area contributed by atoms with E-state index in [4.69, 9.17) is 4.74 Å². The Balaban J connectivity index is 1.83. The fourth-order valence-electron chi connectivity index (χ4n) is 2.46. The molecule has 1 heterocycles. The molecule has 1 aliphatic rings. The van der Waals surface area contributed by atoms with Crippen molar-refractivity contribution in [3.05, 3.63) is 59.4 Å². The maximum absolute atomic E-state index is 13.2. The molecule has 0 bridgehead atoms. The van der Waals surface area contributed by atoms with Gasteiger partial charge in [-0.05, 0) is 30.3 Å². The van der Waals surface area contributed by atoms with E-state index in [1.54, 1.807) is 6.07 Å². The van der Waals surface area contributed by atoms with Crippen LogP contribution >= 0.6 is 0 Å². The molecule has 2 aromatic carbocycles. The highest BCUT2D eigenvalue weighted by molar-refractivity contribution is 7.86. The van der Waals surface area contributed by atoms with E-state index in [0.29, 0.717) is 11.3 Å². The van der Waals surface area contributed by atoms with Crippen LogP contribution in [0.5, 0.6) is 5.75 Å². The normalized spacial score (nSPS) is 14.5. The van der Waals surface area contributed by atoms with Crippen molar-refractivity contribution >= 4 is 16.1 Å². The Morgan fingerprint density at radius 1 is 1.12 bits per heavy atom. The summed E-state index contributed by atoms with van der Waals surface area (Å²) in [5, 5.41) is 0. The maximum Gasteiger partial charge on any atom is 0.332 e. The van der Waals surface area contributed by atoms with E-state index in [1.165, 1.54) is 29.2 Å². The highest BCUT2D eigenvalue weighted by atomic mass is 32.3. The molecule has 0 unspecified atom stereocenters. The van der Waals surface area contributed by atoms with Crippen LogP contribution in [0.4, 0.5) is 8.28 Å². The number of rotatable bonds is 2. The Labute approximate surface area is 137 Å². The molecular weight excluding hydrogens is 340 g/mol. The van der Waals surface area contributed by atoms with Crippen LogP contribution in [0.15, 0.2) is 47.4 Å². The molecular formula is C16H13F2NO4S. The third kappa shape index (κ3) is 3.38. The molecule has 0 aromatic heterocycles. The van der Waals surface area contributed by atoms with Crippen LogP contribution in [0, 0.1) is 5.82 Å². The van der Waals surface area contributed by atoms with E-state index in [-0.39, 0.29) is 31.2 Å². The fourth-order valence-corrected chi connectivity index (χ4v) is 2.92. The summed E-state index contributed by atoms with van der Waals surface area (Å²) in [6, 6.07) is 8.70. The minimum atomic E-state index is -4.80. The van der Waals surface area contributed by atoms with Gasteiger partial charge in [-0.25, -0.2) is 4.39 Å². The molecule has 8 heteroatoms.